The van der Waals surface area contributed by atoms with E-state index in [1.807, 2.05) is 17.4 Å². The Morgan fingerprint density at radius 2 is 1.02 bits per heavy atom. The quantitative estimate of drug-likeness (QED) is 0.176. The van der Waals surface area contributed by atoms with Crippen molar-refractivity contribution in [1.82, 2.24) is 9.97 Å². The van der Waals surface area contributed by atoms with Crippen molar-refractivity contribution in [3.8, 4) is 67.3 Å². The Bertz CT molecular complexity index is 3150. The fourth-order valence-electron chi connectivity index (χ4n) is 8.75. The molecule has 0 amide bonds. The first-order valence-electron chi connectivity index (χ1n) is 19.2. The lowest BCUT2D eigenvalue weighted by molar-refractivity contribution is 0.661. The minimum atomic E-state index is -0.138. The monoisotopic (exact) mass is 732 g/mol. The summed E-state index contributed by atoms with van der Waals surface area (Å²) in [5, 5.41) is 5.17. The molecule has 0 fully saturated rings. The summed E-state index contributed by atoms with van der Waals surface area (Å²) in [7, 11) is 0. The van der Waals surface area contributed by atoms with Crippen LogP contribution in [0.25, 0.3) is 98.2 Å². The van der Waals surface area contributed by atoms with E-state index in [9.17, 15) is 0 Å². The van der Waals surface area contributed by atoms with E-state index in [4.69, 9.17) is 9.97 Å². The number of aromatic nitrogens is 2. The van der Waals surface area contributed by atoms with Gasteiger partial charge in [0.1, 0.15) is 0 Å². The molecule has 0 aliphatic heterocycles. The molecule has 0 saturated heterocycles. The van der Waals surface area contributed by atoms with Crippen molar-refractivity contribution < 1.29 is 0 Å². The van der Waals surface area contributed by atoms with E-state index in [1.165, 1.54) is 75.5 Å². The third kappa shape index (κ3) is 5.31. The SMILES string of the molecule is CC1(C)c2cc3ccccc3cc2-c2c(-c3cc(-c4ccc(-c5cccc(-c6ccc7c(c6)sc6ccccc67)c5)cc4)nc(-c4ccccc4)n3)cccc21. The van der Waals surface area contributed by atoms with Crippen LogP contribution in [0.2, 0.25) is 0 Å². The van der Waals surface area contributed by atoms with Gasteiger partial charge in [-0.1, -0.05) is 159 Å². The highest BCUT2D eigenvalue weighted by molar-refractivity contribution is 7.25. The summed E-state index contributed by atoms with van der Waals surface area (Å²) in [4.78, 5) is 10.5. The van der Waals surface area contributed by atoms with Gasteiger partial charge in [-0.2, -0.15) is 0 Å². The Morgan fingerprint density at radius 1 is 0.393 bits per heavy atom. The number of hydrogen-bond acceptors (Lipinski definition) is 3. The number of rotatable bonds is 5. The molecule has 0 spiro atoms. The van der Waals surface area contributed by atoms with Crippen LogP contribution in [0.1, 0.15) is 25.0 Å². The predicted octanol–water partition coefficient (Wildman–Crippen LogP) is 14.6. The van der Waals surface area contributed by atoms with Crippen molar-refractivity contribution in [2.45, 2.75) is 19.3 Å². The number of hydrogen-bond donors (Lipinski definition) is 0. The van der Waals surface area contributed by atoms with Crippen molar-refractivity contribution in [3.05, 3.63) is 193 Å². The normalized spacial score (nSPS) is 13.0. The van der Waals surface area contributed by atoms with Crippen LogP contribution in [0.5, 0.6) is 0 Å². The van der Waals surface area contributed by atoms with E-state index in [1.54, 1.807) is 0 Å². The zero-order valence-corrected chi connectivity index (χ0v) is 31.9. The fourth-order valence-corrected chi connectivity index (χ4v) is 9.90. The van der Waals surface area contributed by atoms with Crippen LogP contribution in [0, 0.1) is 0 Å². The molecule has 1 aliphatic rings. The Kier molecular flexibility index (Phi) is 7.42. The maximum absolute atomic E-state index is 5.28. The molecular formula is C53H36N2S. The van der Waals surface area contributed by atoms with Gasteiger partial charge in [0.15, 0.2) is 5.82 Å². The van der Waals surface area contributed by atoms with Crippen LogP contribution in [-0.2, 0) is 5.41 Å². The molecule has 0 N–H and O–H groups in total. The van der Waals surface area contributed by atoms with Crippen molar-refractivity contribution >= 4 is 42.3 Å². The third-order valence-corrected chi connectivity index (χ3v) is 12.8. The molecule has 0 unspecified atom stereocenters. The summed E-state index contributed by atoms with van der Waals surface area (Å²) in [5.74, 6) is 0.721. The van der Waals surface area contributed by atoms with E-state index < -0.39 is 0 Å². The van der Waals surface area contributed by atoms with Crippen LogP contribution in [0.15, 0.2) is 182 Å². The molecule has 264 valence electrons. The predicted molar refractivity (Wildman–Crippen MR) is 237 cm³/mol. The largest absolute Gasteiger partial charge is 0.228 e. The first-order valence-corrected chi connectivity index (χ1v) is 20.0. The van der Waals surface area contributed by atoms with E-state index in [0.29, 0.717) is 0 Å². The van der Waals surface area contributed by atoms with Crippen LogP contribution in [-0.4, -0.2) is 9.97 Å². The van der Waals surface area contributed by atoms with Gasteiger partial charge in [-0.15, -0.1) is 11.3 Å². The van der Waals surface area contributed by atoms with Gasteiger partial charge in [-0.25, -0.2) is 9.97 Å². The van der Waals surface area contributed by atoms with E-state index in [0.717, 1.165) is 33.9 Å². The topological polar surface area (TPSA) is 25.8 Å². The maximum Gasteiger partial charge on any atom is 0.160 e. The van der Waals surface area contributed by atoms with Gasteiger partial charge >= 0.3 is 0 Å². The summed E-state index contributed by atoms with van der Waals surface area (Å²) in [6, 6.07) is 65.9. The minimum Gasteiger partial charge on any atom is -0.228 e. The molecule has 3 heteroatoms. The second kappa shape index (κ2) is 12.7. The Labute approximate surface area is 330 Å². The summed E-state index contributed by atoms with van der Waals surface area (Å²) in [5.41, 5.74) is 14.9. The Morgan fingerprint density at radius 3 is 1.86 bits per heavy atom. The molecule has 0 atom stereocenters. The van der Waals surface area contributed by atoms with Gasteiger partial charge in [0.05, 0.1) is 11.4 Å². The molecule has 0 bridgehead atoms. The molecule has 2 aromatic heterocycles. The number of thiophene rings is 1. The molecule has 0 radical (unpaired) electrons. The average Bonchev–Trinajstić information content (AvgIpc) is 3.74. The standard InChI is InChI=1S/C53H36N2S/c1-53(2)45-20-11-19-43(51(45)44-29-38-14-6-7-15-39(38)30-46(44)53)48-32-47(54-52(55-48)35-12-4-3-5-13-35)34-24-22-33(23-25-34)36-16-10-17-37(28-36)40-26-27-42-41-18-8-9-21-49(41)56-50(42)31-40/h3-32H,1-2H3. The molecule has 2 heterocycles. The Hall–Kier alpha value is -6.68. The summed E-state index contributed by atoms with van der Waals surface area (Å²) in [6.07, 6.45) is 0. The van der Waals surface area contributed by atoms with Crippen molar-refractivity contribution in [3.63, 3.8) is 0 Å². The summed E-state index contributed by atoms with van der Waals surface area (Å²) < 4.78 is 2.65. The van der Waals surface area contributed by atoms with Gasteiger partial charge in [-0.05, 0) is 91.7 Å². The van der Waals surface area contributed by atoms with E-state index >= 15 is 0 Å². The van der Waals surface area contributed by atoms with Crippen LogP contribution in [0.4, 0.5) is 0 Å². The van der Waals surface area contributed by atoms with Crippen molar-refractivity contribution in [2.24, 2.45) is 0 Å². The zero-order valence-electron chi connectivity index (χ0n) is 31.1. The summed E-state index contributed by atoms with van der Waals surface area (Å²) >= 11 is 1.86. The highest BCUT2D eigenvalue weighted by atomic mass is 32.1. The third-order valence-electron chi connectivity index (χ3n) is 11.7. The zero-order chi connectivity index (χ0) is 37.4. The maximum atomic E-state index is 5.28. The second-order valence-corrected chi connectivity index (χ2v) is 16.5. The van der Waals surface area contributed by atoms with E-state index in [2.05, 4.69) is 190 Å². The minimum absolute atomic E-state index is 0.138. The lowest BCUT2D eigenvalue weighted by atomic mass is 9.81. The molecule has 2 nitrogen and oxygen atoms in total. The van der Waals surface area contributed by atoms with Gasteiger partial charge < -0.3 is 0 Å². The number of fused-ring (bicyclic) bond motifs is 7. The number of benzene rings is 8. The molecule has 8 aromatic carbocycles. The molecule has 1 aliphatic carbocycles. The average molecular weight is 733 g/mol. The molecule has 11 rings (SSSR count). The van der Waals surface area contributed by atoms with Crippen LogP contribution >= 0.6 is 11.3 Å². The van der Waals surface area contributed by atoms with Crippen molar-refractivity contribution in [2.75, 3.05) is 0 Å². The van der Waals surface area contributed by atoms with Gasteiger partial charge in [0, 0.05) is 42.3 Å². The first-order chi connectivity index (χ1) is 27.5. The first kappa shape index (κ1) is 32.7. The Balaban J connectivity index is 0.995. The summed E-state index contributed by atoms with van der Waals surface area (Å²) in [6.45, 7) is 4.69. The van der Waals surface area contributed by atoms with Crippen molar-refractivity contribution in [1.29, 1.82) is 0 Å². The molecule has 10 aromatic rings. The fraction of sp³-hybridized carbons (Fsp3) is 0.0566. The number of nitrogens with zero attached hydrogens (tertiary/aromatic N) is 2. The van der Waals surface area contributed by atoms with Crippen LogP contribution in [0.3, 0.4) is 0 Å². The highest BCUT2D eigenvalue weighted by Crippen LogP contribution is 2.53. The van der Waals surface area contributed by atoms with E-state index in [-0.39, 0.29) is 5.41 Å². The smallest absolute Gasteiger partial charge is 0.160 e. The molecular weight excluding hydrogens is 697 g/mol. The van der Waals surface area contributed by atoms with Crippen LogP contribution < -0.4 is 0 Å². The highest BCUT2D eigenvalue weighted by Gasteiger charge is 2.37. The second-order valence-electron chi connectivity index (χ2n) is 15.4. The lowest BCUT2D eigenvalue weighted by Crippen LogP contribution is -2.14. The lowest BCUT2D eigenvalue weighted by Gasteiger charge is -2.22. The molecule has 56 heavy (non-hydrogen) atoms. The van der Waals surface area contributed by atoms with Gasteiger partial charge in [0.25, 0.3) is 0 Å². The van der Waals surface area contributed by atoms with Gasteiger partial charge in [-0.3, -0.25) is 0 Å². The molecule has 0 saturated carbocycles. The van der Waals surface area contributed by atoms with Gasteiger partial charge in [0.2, 0.25) is 0 Å².